The van der Waals surface area contributed by atoms with E-state index in [2.05, 4.69) is 5.16 Å². The van der Waals surface area contributed by atoms with Gasteiger partial charge in [0.2, 0.25) is 10.0 Å². The Labute approximate surface area is 132 Å². The number of halogens is 1. The van der Waals surface area contributed by atoms with Gasteiger partial charge in [0.25, 0.3) is 11.8 Å². The van der Waals surface area contributed by atoms with Crippen LogP contribution in [0.4, 0.5) is 4.39 Å². The van der Waals surface area contributed by atoms with Crippen molar-refractivity contribution in [2.75, 3.05) is 12.4 Å². The largest absolute Gasteiger partial charge is 0.465 e. The first-order valence-corrected chi connectivity index (χ1v) is 8.34. The van der Waals surface area contributed by atoms with Gasteiger partial charge in [0, 0.05) is 6.07 Å². The number of nitrogens with one attached hydrogen (secondary N) is 1. The van der Waals surface area contributed by atoms with Gasteiger partial charge in [-0.05, 0) is 30.1 Å². The molecule has 1 N–H and O–H groups in total. The number of ether oxygens (including phenoxy) is 1. The zero-order chi connectivity index (χ0) is 16.9. The van der Waals surface area contributed by atoms with Crippen molar-refractivity contribution in [3.63, 3.8) is 0 Å². The first kappa shape index (κ1) is 16.9. The zero-order valence-corrected chi connectivity index (χ0v) is 13.1. The van der Waals surface area contributed by atoms with Crippen molar-refractivity contribution in [1.29, 1.82) is 0 Å². The van der Waals surface area contributed by atoms with E-state index in [1.807, 2.05) is 4.72 Å². The fourth-order valence-corrected chi connectivity index (χ4v) is 2.75. The van der Waals surface area contributed by atoms with Gasteiger partial charge < -0.3 is 9.26 Å². The van der Waals surface area contributed by atoms with Crippen molar-refractivity contribution in [1.82, 2.24) is 9.88 Å². The van der Waals surface area contributed by atoms with E-state index in [-0.39, 0.29) is 17.9 Å². The fraction of sp³-hybridized carbons (Fsp3) is 0.286. The van der Waals surface area contributed by atoms with Crippen molar-refractivity contribution in [2.24, 2.45) is 0 Å². The molecular weight excluding hydrogens is 327 g/mol. The number of benzene rings is 1. The summed E-state index contributed by atoms with van der Waals surface area (Å²) in [6.45, 7) is 1.12. The number of hydrogen-bond donors (Lipinski definition) is 1. The van der Waals surface area contributed by atoms with Gasteiger partial charge in [-0.3, -0.25) is 9.52 Å². The van der Waals surface area contributed by atoms with Crippen LogP contribution in [0.1, 0.15) is 11.3 Å². The quantitative estimate of drug-likeness (QED) is 0.811. The summed E-state index contributed by atoms with van der Waals surface area (Å²) in [5.74, 6) is -1.17. The smallest absolute Gasteiger partial charge is 0.271 e. The molecule has 0 spiro atoms. The summed E-state index contributed by atoms with van der Waals surface area (Å²) in [5, 5.41) is 3.50. The van der Waals surface area contributed by atoms with Crippen molar-refractivity contribution >= 4 is 15.9 Å². The van der Waals surface area contributed by atoms with Crippen LogP contribution in [0.15, 0.2) is 34.9 Å². The van der Waals surface area contributed by atoms with Crippen LogP contribution >= 0.6 is 0 Å². The van der Waals surface area contributed by atoms with Gasteiger partial charge in [0.1, 0.15) is 11.6 Å². The van der Waals surface area contributed by atoms with Gasteiger partial charge in [0.15, 0.2) is 6.61 Å². The second-order valence-electron chi connectivity index (χ2n) is 4.75. The minimum atomic E-state index is -3.88. The molecule has 23 heavy (non-hydrogen) atoms. The summed E-state index contributed by atoms with van der Waals surface area (Å²) in [6.07, 6.45) is -0.0430. The first-order valence-electron chi connectivity index (χ1n) is 6.68. The maximum atomic E-state index is 13.4. The lowest BCUT2D eigenvalue weighted by molar-refractivity contribution is -0.121. The lowest BCUT2D eigenvalue weighted by atomic mass is 10.2. The van der Waals surface area contributed by atoms with Crippen molar-refractivity contribution in [2.45, 2.75) is 13.3 Å². The van der Waals surface area contributed by atoms with Gasteiger partial charge in [-0.25, -0.2) is 12.8 Å². The minimum Gasteiger partial charge on any atom is -0.465 e. The molecule has 0 fully saturated rings. The lowest BCUT2D eigenvalue weighted by Gasteiger charge is -2.07. The van der Waals surface area contributed by atoms with E-state index in [1.165, 1.54) is 24.3 Å². The van der Waals surface area contributed by atoms with Crippen LogP contribution in [0.25, 0.3) is 0 Å². The van der Waals surface area contributed by atoms with Gasteiger partial charge >= 0.3 is 0 Å². The number of aromatic nitrogens is 1. The van der Waals surface area contributed by atoms with Crippen molar-refractivity contribution < 1.29 is 26.9 Å². The average molecular weight is 342 g/mol. The molecule has 7 nitrogen and oxygen atoms in total. The summed E-state index contributed by atoms with van der Waals surface area (Å²) in [6, 6.07) is 7.31. The number of amides is 1. The topological polar surface area (TPSA) is 98.5 Å². The van der Waals surface area contributed by atoms with Crippen LogP contribution in [0, 0.1) is 12.7 Å². The molecular formula is C14H15FN2O5S. The first-order chi connectivity index (χ1) is 10.9. The molecule has 0 aliphatic carbocycles. The van der Waals surface area contributed by atoms with Crippen molar-refractivity contribution in [3.8, 4) is 5.88 Å². The molecule has 0 saturated heterocycles. The zero-order valence-electron chi connectivity index (χ0n) is 12.3. The van der Waals surface area contributed by atoms with Crippen molar-refractivity contribution in [3.05, 3.63) is 47.5 Å². The average Bonchev–Trinajstić information content (AvgIpc) is 2.90. The highest BCUT2D eigenvalue weighted by atomic mass is 32.2. The highest BCUT2D eigenvalue weighted by Gasteiger charge is 2.16. The molecule has 2 aromatic rings. The number of nitrogens with zero attached hydrogens (tertiary/aromatic N) is 1. The van der Waals surface area contributed by atoms with E-state index in [1.54, 1.807) is 13.0 Å². The SMILES string of the molecule is Cc1cc(OCC(=O)NS(=O)(=O)CCc2ccccc2F)no1. The molecule has 9 heteroatoms. The second-order valence-corrected chi connectivity index (χ2v) is 6.59. The summed E-state index contributed by atoms with van der Waals surface area (Å²) >= 11 is 0. The van der Waals surface area contributed by atoms with E-state index in [4.69, 9.17) is 9.26 Å². The number of sulfonamides is 1. The van der Waals surface area contributed by atoms with Crippen LogP contribution < -0.4 is 9.46 Å². The molecule has 2 rings (SSSR count). The molecule has 0 bridgehead atoms. The maximum absolute atomic E-state index is 13.4. The van der Waals surface area contributed by atoms with Gasteiger partial charge in [-0.15, -0.1) is 0 Å². The van der Waals surface area contributed by atoms with Crippen LogP contribution in [0.5, 0.6) is 5.88 Å². The van der Waals surface area contributed by atoms with Crippen LogP contribution in [0.2, 0.25) is 0 Å². The van der Waals surface area contributed by atoms with E-state index in [9.17, 15) is 17.6 Å². The third-order valence-corrected chi connectivity index (χ3v) is 4.11. The molecule has 0 unspecified atom stereocenters. The summed E-state index contributed by atoms with van der Waals surface area (Å²) in [5.41, 5.74) is 0.264. The molecule has 1 amide bonds. The van der Waals surface area contributed by atoms with Gasteiger partial charge in [-0.2, -0.15) is 0 Å². The highest BCUT2D eigenvalue weighted by molar-refractivity contribution is 7.90. The number of hydrogen-bond acceptors (Lipinski definition) is 6. The Morgan fingerprint density at radius 1 is 1.39 bits per heavy atom. The standard InChI is InChI=1S/C14H15FN2O5S/c1-10-8-14(16-22-10)21-9-13(18)17-23(19,20)7-6-11-4-2-3-5-12(11)15/h2-5,8H,6-7,9H2,1H3,(H,17,18). The molecule has 1 aromatic heterocycles. The van der Waals surface area contributed by atoms with E-state index >= 15 is 0 Å². The van der Waals surface area contributed by atoms with Crippen LogP contribution in [0.3, 0.4) is 0 Å². The van der Waals surface area contributed by atoms with E-state index in [0.29, 0.717) is 5.76 Å². The Bertz CT molecular complexity index is 788. The van der Waals surface area contributed by atoms with Crippen LogP contribution in [-0.2, 0) is 21.2 Å². The Balaban J connectivity index is 1.83. The van der Waals surface area contributed by atoms with E-state index < -0.39 is 34.1 Å². The third kappa shape index (κ3) is 5.37. The molecule has 0 atom stereocenters. The number of rotatable bonds is 7. The Hall–Kier alpha value is -2.42. The summed E-state index contributed by atoms with van der Waals surface area (Å²) in [4.78, 5) is 11.6. The third-order valence-electron chi connectivity index (χ3n) is 2.82. The predicted molar refractivity (Wildman–Crippen MR) is 78.8 cm³/mol. The minimum absolute atomic E-state index is 0.0430. The molecule has 0 radical (unpaired) electrons. The normalized spacial score (nSPS) is 11.2. The molecule has 1 aromatic carbocycles. The van der Waals surface area contributed by atoms with E-state index in [0.717, 1.165) is 0 Å². The summed E-state index contributed by atoms with van der Waals surface area (Å²) in [7, 11) is -3.88. The number of aryl methyl sites for hydroxylation is 2. The van der Waals surface area contributed by atoms with Gasteiger partial charge in [-0.1, -0.05) is 18.2 Å². The molecule has 0 aliphatic rings. The lowest BCUT2D eigenvalue weighted by Crippen LogP contribution is -2.36. The number of carbonyl (C=O) groups is 1. The predicted octanol–water partition coefficient (Wildman–Crippen LogP) is 1.19. The van der Waals surface area contributed by atoms with Gasteiger partial charge in [0.05, 0.1) is 5.75 Å². The maximum Gasteiger partial charge on any atom is 0.271 e. The van der Waals surface area contributed by atoms with Crippen LogP contribution in [-0.4, -0.2) is 31.8 Å². The molecule has 0 aliphatic heterocycles. The Kier molecular flexibility index (Phi) is 5.32. The molecule has 0 saturated carbocycles. The highest BCUT2D eigenvalue weighted by Crippen LogP contribution is 2.10. The molecule has 124 valence electrons. The number of carbonyl (C=O) groups excluding carboxylic acids is 1. The second kappa shape index (κ2) is 7.23. The monoisotopic (exact) mass is 342 g/mol. The Morgan fingerprint density at radius 2 is 2.13 bits per heavy atom. The summed E-state index contributed by atoms with van der Waals surface area (Å²) < 4.78 is 48.6. The Morgan fingerprint density at radius 3 is 2.78 bits per heavy atom. The molecule has 1 heterocycles. The fourth-order valence-electron chi connectivity index (χ4n) is 1.75.